The lowest BCUT2D eigenvalue weighted by molar-refractivity contribution is 0.933. The summed E-state index contributed by atoms with van der Waals surface area (Å²) in [7, 11) is 0. The van der Waals surface area contributed by atoms with E-state index in [0.717, 1.165) is 23.5 Å². The van der Waals surface area contributed by atoms with Gasteiger partial charge in [0.2, 0.25) is 0 Å². The van der Waals surface area contributed by atoms with Gasteiger partial charge in [0.1, 0.15) is 0 Å². The fourth-order valence-electron chi connectivity index (χ4n) is 2.02. The highest BCUT2D eigenvalue weighted by atomic mass is 14.9. The van der Waals surface area contributed by atoms with Crippen molar-refractivity contribution in [3.8, 4) is 11.3 Å². The van der Waals surface area contributed by atoms with Crippen molar-refractivity contribution in [2.45, 2.75) is 6.54 Å². The number of nitrogens with one attached hydrogen (secondary N) is 2. The van der Waals surface area contributed by atoms with E-state index in [4.69, 9.17) is 0 Å². The van der Waals surface area contributed by atoms with Crippen molar-refractivity contribution in [1.29, 1.82) is 0 Å². The molecule has 0 amide bonds. The van der Waals surface area contributed by atoms with Gasteiger partial charge in [0.15, 0.2) is 0 Å². The molecule has 3 rings (SSSR count). The van der Waals surface area contributed by atoms with Crippen LogP contribution >= 0.6 is 0 Å². The van der Waals surface area contributed by atoms with Gasteiger partial charge in [0.05, 0.1) is 24.0 Å². The van der Waals surface area contributed by atoms with Crippen molar-refractivity contribution in [2.24, 2.45) is 4.99 Å². The Labute approximate surface area is 123 Å². The standard InChI is InChI=1S/C17H16N4/c1-2-4-14(5-3-1)10-18-12-20-16-8-6-15(7-9-16)17-11-19-13-21-17/h1-9,11-13H,10H2,(H,18,20)(H,19,21). The number of aromatic amines is 1. The summed E-state index contributed by atoms with van der Waals surface area (Å²) < 4.78 is 0. The van der Waals surface area contributed by atoms with Gasteiger partial charge in [-0.2, -0.15) is 0 Å². The second-order valence-corrected chi connectivity index (χ2v) is 4.63. The number of rotatable bonds is 5. The van der Waals surface area contributed by atoms with Crippen LogP contribution in [0.25, 0.3) is 11.3 Å². The summed E-state index contributed by atoms with van der Waals surface area (Å²) >= 11 is 0. The van der Waals surface area contributed by atoms with Crippen LogP contribution in [0.3, 0.4) is 0 Å². The molecule has 0 saturated carbocycles. The van der Waals surface area contributed by atoms with Gasteiger partial charge in [-0.3, -0.25) is 0 Å². The van der Waals surface area contributed by atoms with Gasteiger partial charge in [0, 0.05) is 18.3 Å². The molecule has 21 heavy (non-hydrogen) atoms. The van der Waals surface area contributed by atoms with E-state index < -0.39 is 0 Å². The second-order valence-electron chi connectivity index (χ2n) is 4.63. The molecule has 0 fully saturated rings. The molecule has 0 aliphatic heterocycles. The first kappa shape index (κ1) is 13.1. The Bertz CT molecular complexity index is 685. The molecule has 1 heterocycles. The van der Waals surface area contributed by atoms with Crippen LogP contribution in [0.15, 0.2) is 72.1 Å². The van der Waals surface area contributed by atoms with Gasteiger partial charge in [0.25, 0.3) is 0 Å². The molecule has 4 nitrogen and oxygen atoms in total. The maximum absolute atomic E-state index is 4.38. The van der Waals surface area contributed by atoms with E-state index in [2.05, 4.69) is 32.4 Å². The smallest absolute Gasteiger partial charge is 0.0927 e. The van der Waals surface area contributed by atoms with Crippen molar-refractivity contribution in [1.82, 2.24) is 15.3 Å². The first-order valence-corrected chi connectivity index (χ1v) is 6.81. The molecule has 0 radical (unpaired) electrons. The molecule has 3 aromatic rings. The third kappa shape index (κ3) is 3.57. The minimum atomic E-state index is 0.774. The molecule has 2 aromatic carbocycles. The monoisotopic (exact) mass is 276 g/mol. The van der Waals surface area contributed by atoms with E-state index in [-0.39, 0.29) is 0 Å². The highest BCUT2D eigenvalue weighted by Crippen LogP contribution is 2.19. The first-order valence-electron chi connectivity index (χ1n) is 6.81. The van der Waals surface area contributed by atoms with Crippen LogP contribution in [0, 0.1) is 0 Å². The number of hydrogen-bond acceptors (Lipinski definition) is 2. The molecule has 0 saturated heterocycles. The third-order valence-corrected chi connectivity index (χ3v) is 3.12. The van der Waals surface area contributed by atoms with Crippen LogP contribution in [-0.2, 0) is 6.54 Å². The van der Waals surface area contributed by atoms with Gasteiger partial charge in [-0.15, -0.1) is 0 Å². The Kier molecular flexibility index (Phi) is 4.07. The lowest BCUT2D eigenvalue weighted by atomic mass is 10.1. The number of aliphatic imine (C=N–C) groups is 1. The van der Waals surface area contributed by atoms with E-state index in [9.17, 15) is 0 Å². The molecule has 2 N–H and O–H groups in total. The SMILES string of the molecule is C(=N\c1ccc(-c2c[nH]cn2)cc1)/NCc1ccccc1. The predicted octanol–water partition coefficient (Wildman–Crippen LogP) is 3.53. The zero-order valence-electron chi connectivity index (χ0n) is 11.5. The fraction of sp³-hybridized carbons (Fsp3) is 0.0588. The minimum absolute atomic E-state index is 0.774. The molecule has 104 valence electrons. The number of H-pyrrole nitrogens is 1. The van der Waals surface area contributed by atoms with Crippen molar-refractivity contribution in [2.75, 3.05) is 0 Å². The molecular formula is C17H16N4. The second kappa shape index (κ2) is 6.52. The van der Waals surface area contributed by atoms with Crippen LogP contribution in [-0.4, -0.2) is 16.3 Å². The summed E-state index contributed by atoms with van der Waals surface area (Å²) in [6.45, 7) is 0.774. The summed E-state index contributed by atoms with van der Waals surface area (Å²) in [4.78, 5) is 11.5. The van der Waals surface area contributed by atoms with E-state index in [1.54, 1.807) is 12.7 Å². The topological polar surface area (TPSA) is 53.1 Å². The third-order valence-electron chi connectivity index (χ3n) is 3.12. The quantitative estimate of drug-likeness (QED) is 0.553. The summed E-state index contributed by atoms with van der Waals surface area (Å²) in [5.74, 6) is 0. The average Bonchev–Trinajstić information content (AvgIpc) is 3.08. The predicted molar refractivity (Wildman–Crippen MR) is 85.5 cm³/mol. The fourth-order valence-corrected chi connectivity index (χ4v) is 2.02. The Morgan fingerprint density at radius 1 is 1.05 bits per heavy atom. The lowest BCUT2D eigenvalue weighted by Crippen LogP contribution is -2.09. The van der Waals surface area contributed by atoms with Crippen molar-refractivity contribution in [3.63, 3.8) is 0 Å². The summed E-state index contributed by atoms with van der Waals surface area (Å²) in [6, 6.07) is 18.2. The van der Waals surface area contributed by atoms with Crippen molar-refractivity contribution in [3.05, 3.63) is 72.7 Å². The highest BCUT2D eigenvalue weighted by Gasteiger charge is 1.98. The van der Waals surface area contributed by atoms with Gasteiger partial charge >= 0.3 is 0 Å². The summed E-state index contributed by atoms with van der Waals surface area (Å²) in [5.41, 5.74) is 4.16. The van der Waals surface area contributed by atoms with Crippen LogP contribution in [0.1, 0.15) is 5.56 Å². The highest BCUT2D eigenvalue weighted by molar-refractivity contribution is 5.65. The van der Waals surface area contributed by atoms with Gasteiger partial charge in [-0.05, 0) is 17.7 Å². The summed E-state index contributed by atoms with van der Waals surface area (Å²) in [6.07, 6.45) is 5.28. The molecule has 0 aliphatic carbocycles. The molecule has 1 aromatic heterocycles. The molecule has 4 heteroatoms. The van der Waals surface area contributed by atoms with Crippen LogP contribution < -0.4 is 5.32 Å². The normalized spacial score (nSPS) is 10.9. The number of aromatic nitrogens is 2. The lowest BCUT2D eigenvalue weighted by Gasteiger charge is -2.00. The summed E-state index contributed by atoms with van der Waals surface area (Å²) in [5, 5.41) is 3.18. The molecular weight excluding hydrogens is 260 g/mol. The molecule has 0 spiro atoms. The average molecular weight is 276 g/mol. The Morgan fingerprint density at radius 3 is 2.57 bits per heavy atom. The van der Waals surface area contributed by atoms with Crippen molar-refractivity contribution >= 4 is 12.0 Å². The molecule has 0 atom stereocenters. The molecule has 0 aliphatic rings. The number of imidazole rings is 1. The largest absolute Gasteiger partial charge is 0.372 e. The van der Waals surface area contributed by atoms with E-state index >= 15 is 0 Å². The zero-order valence-corrected chi connectivity index (χ0v) is 11.5. The van der Waals surface area contributed by atoms with Crippen LogP contribution in [0.4, 0.5) is 5.69 Å². The van der Waals surface area contributed by atoms with Gasteiger partial charge < -0.3 is 10.3 Å². The van der Waals surface area contributed by atoms with Crippen LogP contribution in [0.2, 0.25) is 0 Å². The van der Waals surface area contributed by atoms with E-state index in [1.807, 2.05) is 48.7 Å². The number of nitrogens with zero attached hydrogens (tertiary/aromatic N) is 2. The van der Waals surface area contributed by atoms with Gasteiger partial charge in [-0.25, -0.2) is 9.98 Å². The molecule has 0 unspecified atom stereocenters. The van der Waals surface area contributed by atoms with Crippen LogP contribution in [0.5, 0.6) is 0 Å². The number of hydrogen-bond donors (Lipinski definition) is 2. The molecule has 0 bridgehead atoms. The van der Waals surface area contributed by atoms with Crippen molar-refractivity contribution < 1.29 is 0 Å². The minimum Gasteiger partial charge on any atom is -0.372 e. The first-order chi connectivity index (χ1) is 10.4. The Morgan fingerprint density at radius 2 is 1.86 bits per heavy atom. The van der Waals surface area contributed by atoms with Gasteiger partial charge in [-0.1, -0.05) is 42.5 Å². The Hall–Kier alpha value is -2.88. The zero-order chi connectivity index (χ0) is 14.3. The maximum atomic E-state index is 4.38. The maximum Gasteiger partial charge on any atom is 0.0927 e. The van der Waals surface area contributed by atoms with E-state index in [1.165, 1.54) is 5.56 Å². The van der Waals surface area contributed by atoms with E-state index in [0.29, 0.717) is 0 Å². The number of benzene rings is 2. The Balaban J connectivity index is 1.56.